The quantitative estimate of drug-likeness (QED) is 0.688. The van der Waals surface area contributed by atoms with Crippen LogP contribution in [0, 0.1) is 0 Å². The normalized spacial score (nSPS) is 11.2. The molecule has 0 bridgehead atoms. The molecule has 0 saturated carbocycles. The molecule has 1 aromatic carbocycles. The van der Waals surface area contributed by atoms with Crippen molar-refractivity contribution in [3.8, 4) is 0 Å². The van der Waals surface area contributed by atoms with Gasteiger partial charge in [0.2, 0.25) is 0 Å². The maximum absolute atomic E-state index is 12.1. The molecule has 0 aliphatic carbocycles. The largest absolute Gasteiger partial charge is 0.309 e. The summed E-state index contributed by atoms with van der Waals surface area (Å²) in [6, 6.07) is 5.10. The minimum absolute atomic E-state index is 0.178. The van der Waals surface area contributed by atoms with E-state index in [-0.39, 0.29) is 5.56 Å². The van der Waals surface area contributed by atoms with Crippen LogP contribution in [0.25, 0.3) is 10.9 Å². The Bertz CT molecular complexity index is 864. The van der Waals surface area contributed by atoms with E-state index in [0.717, 1.165) is 14.4 Å². The van der Waals surface area contributed by atoms with Crippen LogP contribution in [0.3, 0.4) is 0 Å². The van der Waals surface area contributed by atoms with Crippen LogP contribution in [0.15, 0.2) is 31.7 Å². The summed E-state index contributed by atoms with van der Waals surface area (Å²) in [5.41, 5.74) is 0.464. The molecule has 0 radical (unpaired) electrons. The molecule has 2 heterocycles. The highest BCUT2D eigenvalue weighted by Gasteiger charge is 2.08. The third kappa shape index (κ3) is 3.62. The number of fused-ring (bicyclic) bond motifs is 1. The van der Waals surface area contributed by atoms with E-state index in [9.17, 15) is 4.79 Å². The average Bonchev–Trinajstić information content (AvgIpc) is 2.94. The van der Waals surface area contributed by atoms with Crippen molar-refractivity contribution in [1.82, 2.24) is 20.2 Å². The monoisotopic (exact) mass is 370 g/mol. The van der Waals surface area contributed by atoms with Crippen LogP contribution in [-0.4, -0.2) is 25.9 Å². The molecule has 3 aromatic rings. The highest BCUT2D eigenvalue weighted by atomic mass is 35.5. The second-order valence-corrected chi connectivity index (χ2v) is 8.38. The first-order valence-electron chi connectivity index (χ1n) is 6.43. The molecule has 0 saturated heterocycles. The molecule has 0 aliphatic rings. The fourth-order valence-electron chi connectivity index (χ4n) is 1.80. The predicted octanol–water partition coefficient (Wildman–Crippen LogP) is 3.83. The maximum Gasteiger partial charge on any atom is 0.258 e. The van der Waals surface area contributed by atoms with Crippen LogP contribution in [0.1, 0.15) is 12.7 Å². The molecule has 22 heavy (non-hydrogen) atoms. The van der Waals surface area contributed by atoms with Crippen molar-refractivity contribution in [2.24, 2.45) is 0 Å². The summed E-state index contributed by atoms with van der Waals surface area (Å²) < 4.78 is 1.83. The minimum atomic E-state index is -0.178. The second-order valence-electron chi connectivity index (χ2n) is 4.23. The first-order valence-corrected chi connectivity index (χ1v) is 9.60. The van der Waals surface area contributed by atoms with E-state index in [1.165, 1.54) is 11.8 Å². The third-order valence-electron chi connectivity index (χ3n) is 2.70. The van der Waals surface area contributed by atoms with Gasteiger partial charge in [-0.15, -0.1) is 10.2 Å². The number of hydrogen-bond acceptors (Lipinski definition) is 7. The van der Waals surface area contributed by atoms with Crippen molar-refractivity contribution in [1.29, 1.82) is 0 Å². The summed E-state index contributed by atoms with van der Waals surface area (Å²) in [6.07, 6.45) is 0. The van der Waals surface area contributed by atoms with Gasteiger partial charge in [0.05, 0.1) is 16.7 Å². The zero-order valence-corrected chi connectivity index (χ0v) is 14.7. The summed E-state index contributed by atoms with van der Waals surface area (Å²) in [5, 5.41) is 9.24. The zero-order valence-electron chi connectivity index (χ0n) is 11.5. The Morgan fingerprint density at radius 3 is 2.82 bits per heavy atom. The van der Waals surface area contributed by atoms with Gasteiger partial charge < -0.3 is 4.98 Å². The van der Waals surface area contributed by atoms with Crippen LogP contribution in [0.4, 0.5) is 0 Å². The number of hydrogen-bond donors (Lipinski definition) is 1. The summed E-state index contributed by atoms with van der Waals surface area (Å²) >= 11 is 10.6. The molecule has 0 amide bonds. The fourth-order valence-corrected chi connectivity index (χ4v) is 4.75. The first-order chi connectivity index (χ1) is 10.7. The predicted molar refractivity (Wildman–Crippen MR) is 93.2 cm³/mol. The van der Waals surface area contributed by atoms with Gasteiger partial charge in [0.15, 0.2) is 8.68 Å². The highest BCUT2D eigenvalue weighted by molar-refractivity contribution is 8.02. The first kappa shape index (κ1) is 15.8. The van der Waals surface area contributed by atoms with Crippen LogP contribution >= 0.6 is 46.5 Å². The van der Waals surface area contributed by atoms with Gasteiger partial charge in [-0.2, -0.15) is 0 Å². The number of H-pyrrole nitrogens is 1. The van der Waals surface area contributed by atoms with Gasteiger partial charge in [0.1, 0.15) is 5.82 Å². The summed E-state index contributed by atoms with van der Waals surface area (Å²) in [6.45, 7) is 2.08. The molecule has 1 N–H and O–H groups in total. The average molecular weight is 371 g/mol. The molecule has 0 fully saturated rings. The molecule has 9 heteroatoms. The summed E-state index contributed by atoms with van der Waals surface area (Å²) in [4.78, 5) is 19.3. The Morgan fingerprint density at radius 2 is 2.05 bits per heavy atom. The van der Waals surface area contributed by atoms with Crippen molar-refractivity contribution in [2.45, 2.75) is 21.4 Å². The Balaban J connectivity index is 1.78. The smallest absolute Gasteiger partial charge is 0.258 e. The van der Waals surface area contributed by atoms with Gasteiger partial charge in [0, 0.05) is 5.02 Å². The number of nitrogens with one attached hydrogen (secondary N) is 1. The molecule has 114 valence electrons. The van der Waals surface area contributed by atoms with Crippen molar-refractivity contribution < 1.29 is 0 Å². The summed E-state index contributed by atoms with van der Waals surface area (Å²) in [5.74, 6) is 2.13. The number of nitrogens with zero attached hydrogens (tertiary/aromatic N) is 3. The van der Waals surface area contributed by atoms with Gasteiger partial charge in [-0.25, -0.2) is 4.98 Å². The lowest BCUT2D eigenvalue weighted by Gasteiger charge is -2.02. The molecular formula is C13H11ClN4OS3. The molecule has 5 nitrogen and oxygen atoms in total. The van der Waals surface area contributed by atoms with Gasteiger partial charge in [0.25, 0.3) is 5.56 Å². The van der Waals surface area contributed by atoms with E-state index in [1.807, 2.05) is 0 Å². The zero-order chi connectivity index (χ0) is 15.5. The number of aromatic nitrogens is 4. The molecule has 0 unspecified atom stereocenters. The third-order valence-corrected chi connectivity index (χ3v) is 6.02. The lowest BCUT2D eigenvalue weighted by Crippen LogP contribution is -2.11. The Hall–Kier alpha value is -1.09. The lowest BCUT2D eigenvalue weighted by atomic mass is 10.2. The molecule has 0 spiro atoms. The Morgan fingerprint density at radius 1 is 1.27 bits per heavy atom. The maximum atomic E-state index is 12.1. The SMILES string of the molecule is CCSc1nnc(SCc2nc3ccc(Cl)cc3c(=O)[nH]2)s1. The standard InChI is InChI=1S/C13H11ClN4OS3/c1-2-20-12-17-18-13(22-12)21-6-10-15-9-4-3-7(14)5-8(9)11(19)16-10/h3-5H,2,6H2,1H3,(H,15,16,19). The van der Waals surface area contributed by atoms with Gasteiger partial charge in [-0.05, 0) is 24.0 Å². The molecule has 0 aliphatic heterocycles. The lowest BCUT2D eigenvalue weighted by molar-refractivity contribution is 0.952. The van der Waals surface area contributed by atoms with Gasteiger partial charge in [-0.1, -0.05) is 53.4 Å². The Labute approximate surface area is 143 Å². The van der Waals surface area contributed by atoms with Crippen molar-refractivity contribution in [3.05, 3.63) is 39.4 Å². The van der Waals surface area contributed by atoms with Crippen molar-refractivity contribution in [2.75, 3.05) is 5.75 Å². The van der Waals surface area contributed by atoms with Crippen LogP contribution in [0.5, 0.6) is 0 Å². The number of rotatable bonds is 5. The Kier molecular flexibility index (Phi) is 5.02. The molecule has 3 rings (SSSR count). The topological polar surface area (TPSA) is 71.5 Å². The van der Waals surface area contributed by atoms with E-state index in [0.29, 0.717) is 27.5 Å². The minimum Gasteiger partial charge on any atom is -0.309 e. The summed E-state index contributed by atoms with van der Waals surface area (Å²) in [7, 11) is 0. The fraction of sp³-hybridized carbons (Fsp3) is 0.231. The van der Waals surface area contributed by atoms with E-state index in [4.69, 9.17) is 11.6 Å². The molecule has 2 aromatic heterocycles. The molecular weight excluding hydrogens is 360 g/mol. The van der Waals surface area contributed by atoms with Crippen LogP contribution in [-0.2, 0) is 5.75 Å². The van der Waals surface area contributed by atoms with Crippen LogP contribution in [0.2, 0.25) is 5.02 Å². The van der Waals surface area contributed by atoms with Gasteiger partial charge in [-0.3, -0.25) is 4.79 Å². The number of benzene rings is 1. The van der Waals surface area contributed by atoms with Crippen LogP contribution < -0.4 is 5.56 Å². The second kappa shape index (κ2) is 6.99. The number of thioether (sulfide) groups is 2. The van der Waals surface area contributed by atoms with E-state index in [1.54, 1.807) is 41.3 Å². The van der Waals surface area contributed by atoms with Gasteiger partial charge >= 0.3 is 0 Å². The van der Waals surface area contributed by atoms with Crippen molar-refractivity contribution >= 4 is 57.4 Å². The highest BCUT2D eigenvalue weighted by Crippen LogP contribution is 2.30. The molecule has 0 atom stereocenters. The van der Waals surface area contributed by atoms with E-state index in [2.05, 4.69) is 27.1 Å². The van der Waals surface area contributed by atoms with Crippen molar-refractivity contribution in [3.63, 3.8) is 0 Å². The number of halogens is 1. The number of aromatic amines is 1. The van der Waals surface area contributed by atoms with E-state index >= 15 is 0 Å². The van der Waals surface area contributed by atoms with E-state index < -0.39 is 0 Å².